The third-order valence-corrected chi connectivity index (χ3v) is 3.98. The molecule has 1 amide bonds. The number of rotatable bonds is 4. The van der Waals surface area contributed by atoms with Crippen molar-refractivity contribution in [3.8, 4) is 0 Å². The fourth-order valence-electron chi connectivity index (χ4n) is 2.83. The molecule has 0 radical (unpaired) electrons. The highest BCUT2D eigenvalue weighted by Gasteiger charge is 2.22. The van der Waals surface area contributed by atoms with Crippen molar-refractivity contribution in [3.63, 3.8) is 0 Å². The molecule has 2 aromatic carbocycles. The topological polar surface area (TPSA) is 56.7 Å². The van der Waals surface area contributed by atoms with Gasteiger partial charge in [-0.2, -0.15) is 0 Å². The number of para-hydroxylation sites is 1. The van der Waals surface area contributed by atoms with E-state index in [0.717, 1.165) is 25.2 Å². The minimum absolute atomic E-state index is 0.00161. The normalized spacial score (nSPS) is 13.5. The van der Waals surface area contributed by atoms with E-state index in [4.69, 9.17) is 0 Å². The second kappa shape index (κ2) is 7.79. The van der Waals surface area contributed by atoms with Crippen LogP contribution in [-0.4, -0.2) is 31.5 Å². The minimum Gasteiger partial charge on any atom is -0.356 e. The van der Waals surface area contributed by atoms with E-state index in [0.29, 0.717) is 11.6 Å². The lowest BCUT2D eigenvalue weighted by molar-refractivity contribution is -0.114. The Morgan fingerprint density at radius 3 is 2.72 bits per heavy atom. The number of hydrogen-bond acceptors (Lipinski definition) is 2. The molecule has 25 heavy (non-hydrogen) atoms. The highest BCUT2D eigenvalue weighted by Crippen LogP contribution is 2.27. The van der Waals surface area contributed by atoms with Gasteiger partial charge < -0.3 is 15.5 Å². The third kappa shape index (κ3) is 4.15. The van der Waals surface area contributed by atoms with Crippen molar-refractivity contribution in [1.29, 1.82) is 0 Å². The second-order valence-electron chi connectivity index (χ2n) is 5.76. The zero-order valence-corrected chi connectivity index (χ0v) is 14.1. The Labute approximate surface area is 146 Å². The molecule has 3 rings (SSSR count). The van der Waals surface area contributed by atoms with Crippen molar-refractivity contribution in [2.45, 2.75) is 13.3 Å². The van der Waals surface area contributed by atoms with E-state index in [1.807, 2.05) is 19.1 Å². The van der Waals surface area contributed by atoms with Gasteiger partial charge in [-0.05, 0) is 49.2 Å². The van der Waals surface area contributed by atoms with E-state index in [1.54, 1.807) is 0 Å². The van der Waals surface area contributed by atoms with Gasteiger partial charge in [-0.25, -0.2) is 9.38 Å². The second-order valence-corrected chi connectivity index (χ2v) is 5.76. The van der Waals surface area contributed by atoms with Crippen LogP contribution in [0.3, 0.4) is 0 Å². The summed E-state index contributed by atoms with van der Waals surface area (Å²) in [6, 6.07) is 13.9. The molecule has 0 unspecified atom stereocenters. The Bertz CT molecular complexity index is 773. The van der Waals surface area contributed by atoms with Crippen LogP contribution in [0.5, 0.6) is 0 Å². The lowest BCUT2D eigenvalue weighted by Gasteiger charge is -2.22. The van der Waals surface area contributed by atoms with Gasteiger partial charge in [0.2, 0.25) is 5.91 Å². The molecule has 6 heteroatoms. The van der Waals surface area contributed by atoms with Gasteiger partial charge in [0, 0.05) is 24.5 Å². The Morgan fingerprint density at radius 1 is 1.20 bits per heavy atom. The Balaban J connectivity index is 1.68. The van der Waals surface area contributed by atoms with Gasteiger partial charge in [-0.1, -0.05) is 18.2 Å². The fourth-order valence-corrected chi connectivity index (χ4v) is 2.83. The molecule has 1 aliphatic heterocycles. The van der Waals surface area contributed by atoms with Gasteiger partial charge in [-0.15, -0.1) is 0 Å². The minimum atomic E-state index is -0.335. The Hall–Kier alpha value is -2.89. The van der Waals surface area contributed by atoms with E-state index < -0.39 is 0 Å². The number of nitrogens with zero attached hydrogens (tertiary/aromatic N) is 2. The molecule has 0 atom stereocenters. The Morgan fingerprint density at radius 2 is 1.96 bits per heavy atom. The summed E-state index contributed by atoms with van der Waals surface area (Å²) in [4.78, 5) is 18.7. The average molecular weight is 340 g/mol. The van der Waals surface area contributed by atoms with Crippen LogP contribution in [0.4, 0.5) is 15.8 Å². The molecule has 0 saturated heterocycles. The summed E-state index contributed by atoms with van der Waals surface area (Å²) >= 11 is 0. The highest BCUT2D eigenvalue weighted by molar-refractivity contribution is 6.00. The molecule has 0 fully saturated rings. The van der Waals surface area contributed by atoms with Gasteiger partial charge in [-0.3, -0.25) is 4.79 Å². The number of amides is 1. The first-order valence-electron chi connectivity index (χ1n) is 8.36. The van der Waals surface area contributed by atoms with Crippen molar-refractivity contribution in [2.24, 2.45) is 4.99 Å². The molecule has 0 aliphatic carbocycles. The number of benzene rings is 2. The summed E-state index contributed by atoms with van der Waals surface area (Å²) in [5, 5.41) is 5.96. The number of anilines is 2. The quantitative estimate of drug-likeness (QED) is 0.665. The monoisotopic (exact) mass is 340 g/mol. The summed E-state index contributed by atoms with van der Waals surface area (Å²) in [6.45, 7) is 3.55. The maximum absolute atomic E-state index is 12.9. The molecule has 2 aromatic rings. The van der Waals surface area contributed by atoms with Crippen LogP contribution < -0.4 is 15.5 Å². The number of nitrogens with one attached hydrogen (secondary N) is 2. The first-order chi connectivity index (χ1) is 12.2. The van der Waals surface area contributed by atoms with Crippen molar-refractivity contribution in [1.82, 2.24) is 5.32 Å². The highest BCUT2D eigenvalue weighted by atomic mass is 19.1. The van der Waals surface area contributed by atoms with Gasteiger partial charge in [0.05, 0.1) is 0 Å². The van der Waals surface area contributed by atoms with Crippen LogP contribution in [0.15, 0.2) is 53.5 Å². The molecule has 0 spiro atoms. The number of guanidine groups is 1. The van der Waals surface area contributed by atoms with Crippen LogP contribution in [0, 0.1) is 5.82 Å². The van der Waals surface area contributed by atoms with Crippen LogP contribution in [0.25, 0.3) is 0 Å². The predicted octanol–water partition coefficient (Wildman–Crippen LogP) is 2.79. The molecular weight excluding hydrogens is 319 g/mol. The molecule has 130 valence electrons. The Kier molecular flexibility index (Phi) is 5.28. The van der Waals surface area contributed by atoms with Crippen molar-refractivity contribution in [2.75, 3.05) is 29.9 Å². The van der Waals surface area contributed by atoms with E-state index in [2.05, 4.69) is 32.7 Å². The van der Waals surface area contributed by atoms with Crippen molar-refractivity contribution in [3.05, 3.63) is 59.9 Å². The fraction of sp³-hybridized carbons (Fsp3) is 0.263. The predicted molar refractivity (Wildman–Crippen MR) is 98.5 cm³/mol. The standard InChI is InChI=1S/C19H21FN4O/c1-2-21-19(24-12-11-14-5-3-4-6-17(14)24)22-13-18(25)23-16-9-7-15(20)8-10-16/h3-10H,2,11-13H2,1H3,(H,21,22)(H,23,25). The van der Waals surface area contributed by atoms with E-state index in [1.165, 1.54) is 29.8 Å². The third-order valence-electron chi connectivity index (χ3n) is 3.98. The molecule has 1 heterocycles. The van der Waals surface area contributed by atoms with E-state index >= 15 is 0 Å². The number of hydrogen-bond donors (Lipinski definition) is 2. The molecule has 5 nitrogen and oxygen atoms in total. The summed E-state index contributed by atoms with van der Waals surface area (Å²) in [7, 11) is 0. The summed E-state index contributed by atoms with van der Waals surface area (Å²) < 4.78 is 12.9. The van der Waals surface area contributed by atoms with Gasteiger partial charge >= 0.3 is 0 Å². The lowest BCUT2D eigenvalue weighted by Crippen LogP contribution is -2.41. The molecule has 0 aromatic heterocycles. The number of fused-ring (bicyclic) bond motifs is 1. The molecule has 2 N–H and O–H groups in total. The maximum Gasteiger partial charge on any atom is 0.246 e. The van der Waals surface area contributed by atoms with Gasteiger partial charge in [0.1, 0.15) is 12.4 Å². The summed E-state index contributed by atoms with van der Waals surface area (Å²) in [6.07, 6.45) is 0.961. The van der Waals surface area contributed by atoms with Crippen molar-refractivity contribution >= 4 is 23.2 Å². The summed E-state index contributed by atoms with van der Waals surface area (Å²) in [5.41, 5.74) is 2.96. The number of carbonyl (C=O) groups excluding carboxylic acids is 1. The molecular formula is C19H21FN4O. The van der Waals surface area contributed by atoms with Crippen LogP contribution in [0.1, 0.15) is 12.5 Å². The number of carbonyl (C=O) groups is 1. The van der Waals surface area contributed by atoms with E-state index in [9.17, 15) is 9.18 Å². The molecule has 0 bridgehead atoms. The van der Waals surface area contributed by atoms with E-state index in [-0.39, 0.29) is 18.3 Å². The number of aliphatic imine (C=N–C) groups is 1. The number of halogens is 1. The van der Waals surface area contributed by atoms with Crippen LogP contribution in [-0.2, 0) is 11.2 Å². The molecule has 1 aliphatic rings. The first-order valence-corrected chi connectivity index (χ1v) is 8.36. The largest absolute Gasteiger partial charge is 0.356 e. The van der Waals surface area contributed by atoms with Crippen LogP contribution >= 0.6 is 0 Å². The smallest absolute Gasteiger partial charge is 0.246 e. The van der Waals surface area contributed by atoms with Gasteiger partial charge in [0.15, 0.2) is 5.96 Å². The lowest BCUT2D eigenvalue weighted by atomic mass is 10.2. The van der Waals surface area contributed by atoms with Gasteiger partial charge in [0.25, 0.3) is 0 Å². The summed E-state index contributed by atoms with van der Waals surface area (Å²) in [5.74, 6) is 0.120. The first kappa shape index (κ1) is 17.0. The zero-order valence-electron chi connectivity index (χ0n) is 14.1. The average Bonchev–Trinajstić information content (AvgIpc) is 3.05. The maximum atomic E-state index is 12.9. The zero-order chi connectivity index (χ0) is 17.6. The van der Waals surface area contributed by atoms with Crippen LogP contribution in [0.2, 0.25) is 0 Å². The van der Waals surface area contributed by atoms with Crippen molar-refractivity contribution < 1.29 is 9.18 Å². The molecule has 0 saturated carbocycles. The SMILES string of the molecule is CCNC(=NCC(=O)Nc1ccc(F)cc1)N1CCc2ccccc21.